The third-order valence-corrected chi connectivity index (χ3v) is 6.75. The summed E-state index contributed by atoms with van der Waals surface area (Å²) in [5.74, 6) is 1.78. The highest BCUT2D eigenvalue weighted by atomic mass is 35.5. The van der Waals surface area contributed by atoms with Gasteiger partial charge in [0.15, 0.2) is 0 Å². The molecule has 2 N–H and O–H groups in total. The Hall–Kier alpha value is -1.42. The number of rotatable bonds is 3. The van der Waals surface area contributed by atoms with Crippen LogP contribution in [0.2, 0.25) is 0 Å². The van der Waals surface area contributed by atoms with E-state index in [9.17, 15) is 0 Å². The van der Waals surface area contributed by atoms with Gasteiger partial charge in [-0.1, -0.05) is 30.3 Å². The van der Waals surface area contributed by atoms with Gasteiger partial charge in [-0.05, 0) is 81.8 Å². The number of likely N-dealkylation sites (tertiary alicyclic amines) is 1. The number of piperidine rings is 1. The van der Waals surface area contributed by atoms with Gasteiger partial charge in [-0.3, -0.25) is 4.90 Å². The Labute approximate surface area is 187 Å². The molecular weight excluding hydrogens is 403 g/mol. The van der Waals surface area contributed by atoms with E-state index >= 15 is 0 Å². The van der Waals surface area contributed by atoms with E-state index in [2.05, 4.69) is 62.9 Å². The van der Waals surface area contributed by atoms with Crippen LogP contribution in [-0.4, -0.2) is 30.1 Å². The summed E-state index contributed by atoms with van der Waals surface area (Å²) in [6, 6.07) is 11.0. The quantitative estimate of drug-likeness (QED) is 0.635. The fourth-order valence-electron chi connectivity index (χ4n) is 4.93. The second-order valence-corrected chi connectivity index (χ2v) is 8.79. The van der Waals surface area contributed by atoms with E-state index < -0.39 is 0 Å². The highest BCUT2D eigenvalue weighted by Crippen LogP contribution is 2.44. The van der Waals surface area contributed by atoms with Gasteiger partial charge < -0.3 is 10.5 Å². The van der Waals surface area contributed by atoms with Crippen molar-refractivity contribution in [2.45, 2.75) is 58.5 Å². The molecule has 0 aromatic heterocycles. The summed E-state index contributed by atoms with van der Waals surface area (Å²) in [5, 5.41) is 0. The molecule has 160 valence electrons. The number of benzene rings is 2. The van der Waals surface area contributed by atoms with Crippen LogP contribution in [0.25, 0.3) is 0 Å². The number of ether oxygens (including phenoxy) is 1. The molecule has 1 fully saturated rings. The summed E-state index contributed by atoms with van der Waals surface area (Å²) in [6.07, 6.45) is 3.42. The first-order valence-electron chi connectivity index (χ1n) is 10.2. The zero-order valence-corrected chi connectivity index (χ0v) is 19.6. The van der Waals surface area contributed by atoms with Gasteiger partial charge in [0, 0.05) is 24.2 Å². The molecule has 3 nitrogen and oxygen atoms in total. The van der Waals surface area contributed by atoms with Gasteiger partial charge in [0.1, 0.15) is 11.4 Å². The average molecular weight is 437 g/mol. The molecule has 1 atom stereocenters. The van der Waals surface area contributed by atoms with Crippen molar-refractivity contribution in [3.05, 3.63) is 58.1 Å². The number of nitrogens with zero attached hydrogens (tertiary/aromatic N) is 1. The van der Waals surface area contributed by atoms with E-state index in [1.807, 2.05) is 0 Å². The molecule has 0 aliphatic carbocycles. The second kappa shape index (κ2) is 9.16. The molecule has 1 saturated heterocycles. The smallest absolute Gasteiger partial charge is 0.127 e. The van der Waals surface area contributed by atoms with Gasteiger partial charge in [-0.25, -0.2) is 0 Å². The van der Waals surface area contributed by atoms with E-state index in [-0.39, 0.29) is 30.4 Å². The number of hydrogen-bond donors (Lipinski definition) is 1. The number of fused-ring (bicyclic) bond motifs is 1. The lowest BCUT2D eigenvalue weighted by molar-refractivity contribution is 0.0523. The lowest BCUT2D eigenvalue weighted by Gasteiger charge is -2.37. The van der Waals surface area contributed by atoms with Gasteiger partial charge in [-0.15, -0.1) is 24.8 Å². The summed E-state index contributed by atoms with van der Waals surface area (Å²) >= 11 is 0. The SMILES string of the molecule is Cc1c(C)c2c(c(C)c1N)CC(C)(CN1CCC(c3ccccc3)CC1)O2.Cl.Cl. The monoisotopic (exact) mass is 436 g/mol. The maximum Gasteiger partial charge on any atom is 0.127 e. The van der Waals surface area contributed by atoms with Crippen molar-refractivity contribution in [1.82, 2.24) is 4.90 Å². The number of anilines is 1. The minimum absolute atomic E-state index is 0. The maximum atomic E-state index is 6.56. The van der Waals surface area contributed by atoms with Crippen LogP contribution >= 0.6 is 24.8 Å². The number of hydrogen-bond acceptors (Lipinski definition) is 3. The van der Waals surface area contributed by atoms with Crippen LogP contribution in [0, 0.1) is 20.8 Å². The van der Waals surface area contributed by atoms with Gasteiger partial charge in [-0.2, -0.15) is 0 Å². The van der Waals surface area contributed by atoms with Crippen molar-refractivity contribution in [1.29, 1.82) is 0 Å². The first-order valence-corrected chi connectivity index (χ1v) is 10.2. The number of nitrogens with two attached hydrogens (primary N) is 1. The molecule has 4 rings (SSSR count). The fraction of sp³-hybridized carbons (Fsp3) is 0.500. The van der Waals surface area contributed by atoms with Crippen LogP contribution in [0.4, 0.5) is 5.69 Å². The Morgan fingerprint density at radius 2 is 1.62 bits per heavy atom. The van der Waals surface area contributed by atoms with Crippen LogP contribution in [0.3, 0.4) is 0 Å². The van der Waals surface area contributed by atoms with Crippen molar-refractivity contribution in [2.75, 3.05) is 25.4 Å². The molecule has 0 saturated carbocycles. The van der Waals surface area contributed by atoms with E-state index in [1.165, 1.54) is 40.7 Å². The maximum absolute atomic E-state index is 6.56. The zero-order chi connectivity index (χ0) is 19.2. The Balaban J connectivity index is 0.00000150. The minimum atomic E-state index is -0.155. The molecule has 5 heteroatoms. The summed E-state index contributed by atoms with van der Waals surface area (Å²) in [5.41, 5.74) is 13.5. The molecule has 0 bridgehead atoms. The van der Waals surface area contributed by atoms with E-state index in [0.29, 0.717) is 5.92 Å². The third kappa shape index (κ3) is 4.52. The van der Waals surface area contributed by atoms with Crippen LogP contribution in [0.1, 0.15) is 53.5 Å². The van der Waals surface area contributed by atoms with Gasteiger partial charge in [0.2, 0.25) is 0 Å². The molecule has 0 radical (unpaired) electrons. The molecule has 2 heterocycles. The normalized spacial score (nSPS) is 21.7. The minimum Gasteiger partial charge on any atom is -0.485 e. The van der Waals surface area contributed by atoms with Crippen LogP contribution in [-0.2, 0) is 6.42 Å². The van der Waals surface area contributed by atoms with Crippen molar-refractivity contribution >= 4 is 30.5 Å². The van der Waals surface area contributed by atoms with Crippen molar-refractivity contribution < 1.29 is 4.74 Å². The summed E-state index contributed by atoms with van der Waals surface area (Å²) in [6.45, 7) is 11.9. The first-order chi connectivity index (χ1) is 12.9. The van der Waals surface area contributed by atoms with Crippen LogP contribution in [0.5, 0.6) is 5.75 Å². The summed E-state index contributed by atoms with van der Waals surface area (Å²) < 4.78 is 6.56. The zero-order valence-electron chi connectivity index (χ0n) is 18.0. The Morgan fingerprint density at radius 3 is 2.24 bits per heavy atom. The second-order valence-electron chi connectivity index (χ2n) is 8.79. The molecule has 29 heavy (non-hydrogen) atoms. The fourth-order valence-corrected chi connectivity index (χ4v) is 4.93. The molecule has 1 unspecified atom stereocenters. The third-order valence-electron chi connectivity index (χ3n) is 6.75. The predicted octanol–water partition coefficient (Wildman–Crippen LogP) is 5.61. The highest BCUT2D eigenvalue weighted by Gasteiger charge is 2.39. The van der Waals surface area contributed by atoms with Crippen LogP contribution in [0.15, 0.2) is 30.3 Å². The molecule has 2 aliphatic rings. The number of halogens is 2. The van der Waals surface area contributed by atoms with E-state index in [4.69, 9.17) is 10.5 Å². The summed E-state index contributed by atoms with van der Waals surface area (Å²) in [7, 11) is 0. The molecule has 2 aliphatic heterocycles. The van der Waals surface area contributed by atoms with Crippen molar-refractivity contribution in [3.63, 3.8) is 0 Å². The highest BCUT2D eigenvalue weighted by molar-refractivity contribution is 5.85. The van der Waals surface area contributed by atoms with E-state index in [1.54, 1.807) is 0 Å². The Kier molecular flexibility index (Phi) is 7.53. The van der Waals surface area contributed by atoms with Gasteiger partial charge in [0.25, 0.3) is 0 Å². The molecule has 0 spiro atoms. The summed E-state index contributed by atoms with van der Waals surface area (Å²) in [4.78, 5) is 2.59. The van der Waals surface area contributed by atoms with Crippen LogP contribution < -0.4 is 10.5 Å². The topological polar surface area (TPSA) is 38.5 Å². The van der Waals surface area contributed by atoms with Gasteiger partial charge >= 0.3 is 0 Å². The largest absolute Gasteiger partial charge is 0.485 e. The molecule has 2 aromatic rings. The van der Waals surface area contributed by atoms with Crippen molar-refractivity contribution in [3.8, 4) is 5.75 Å². The first kappa shape index (κ1) is 23.9. The Morgan fingerprint density at radius 1 is 1.00 bits per heavy atom. The predicted molar refractivity (Wildman–Crippen MR) is 127 cm³/mol. The molecule has 2 aromatic carbocycles. The molecule has 0 amide bonds. The molecular formula is C24H34Cl2N2O. The Bertz CT molecular complexity index is 809. The average Bonchev–Trinajstić information content (AvgIpc) is 3.03. The van der Waals surface area contributed by atoms with Gasteiger partial charge in [0.05, 0.1) is 0 Å². The van der Waals surface area contributed by atoms with E-state index in [0.717, 1.165) is 37.5 Å². The lowest BCUT2D eigenvalue weighted by atomic mass is 9.88. The standard InChI is InChI=1S/C24H32N2O.2ClH/c1-16-17(2)23-21(18(3)22(16)25)14-24(4,27-23)15-26-12-10-20(11-13-26)19-8-6-5-7-9-19;;/h5-9,20H,10-15,25H2,1-4H3;2*1H. The van der Waals surface area contributed by atoms with Crippen molar-refractivity contribution in [2.24, 2.45) is 0 Å². The number of nitrogen functional groups attached to an aromatic ring is 1. The lowest BCUT2D eigenvalue weighted by Crippen LogP contribution is -2.47.